The molecule has 21 heavy (non-hydrogen) atoms. The Kier molecular flexibility index (Phi) is 3.60. The molecule has 1 aromatic heterocycles. The number of hydrogen-bond donors (Lipinski definition) is 3. The number of benzene rings is 1. The number of H-pyrrole nitrogens is 1. The number of aromatic amines is 1. The zero-order chi connectivity index (χ0) is 14.8. The van der Waals surface area contributed by atoms with Crippen LogP contribution >= 0.6 is 0 Å². The topological polar surface area (TPSA) is 86.9 Å². The zero-order valence-electron chi connectivity index (χ0n) is 11.9. The van der Waals surface area contributed by atoms with E-state index < -0.39 is 0 Å². The first kappa shape index (κ1) is 13.6. The third kappa shape index (κ3) is 3.04. The number of aryl methyl sites for hydroxylation is 1. The predicted octanol–water partition coefficient (Wildman–Crippen LogP) is 1.13. The molecule has 1 heterocycles. The van der Waals surface area contributed by atoms with Crippen molar-refractivity contribution in [1.82, 2.24) is 20.8 Å². The first-order valence-corrected chi connectivity index (χ1v) is 7.16. The van der Waals surface area contributed by atoms with Gasteiger partial charge in [0.2, 0.25) is 5.91 Å². The first-order valence-electron chi connectivity index (χ1n) is 7.16. The van der Waals surface area contributed by atoms with E-state index in [1.807, 2.05) is 25.1 Å². The van der Waals surface area contributed by atoms with E-state index in [0.29, 0.717) is 18.8 Å². The van der Waals surface area contributed by atoms with Gasteiger partial charge in [-0.2, -0.15) is 5.10 Å². The summed E-state index contributed by atoms with van der Waals surface area (Å²) in [6.07, 6.45) is 1.97. The molecule has 2 aromatic rings. The summed E-state index contributed by atoms with van der Waals surface area (Å²) in [4.78, 5) is 23.6. The molecule has 0 unspecified atom stereocenters. The van der Waals surface area contributed by atoms with Gasteiger partial charge >= 0.3 is 0 Å². The van der Waals surface area contributed by atoms with Crippen LogP contribution in [0.25, 0.3) is 10.9 Å². The summed E-state index contributed by atoms with van der Waals surface area (Å²) < 4.78 is 0. The van der Waals surface area contributed by atoms with Gasteiger partial charge in [0.15, 0.2) is 5.69 Å². The number of aromatic nitrogens is 2. The summed E-state index contributed by atoms with van der Waals surface area (Å²) in [5, 5.41) is 13.3. The Morgan fingerprint density at radius 3 is 2.81 bits per heavy atom. The third-order valence-corrected chi connectivity index (χ3v) is 3.59. The number of carbonyl (C=O) groups excluding carboxylic acids is 2. The Balaban J connectivity index is 1.56. The van der Waals surface area contributed by atoms with E-state index in [4.69, 9.17) is 0 Å². The van der Waals surface area contributed by atoms with Crippen molar-refractivity contribution in [2.24, 2.45) is 5.92 Å². The lowest BCUT2D eigenvalue weighted by Gasteiger charge is -2.05. The molecule has 1 aliphatic carbocycles. The molecule has 6 heteroatoms. The molecule has 3 rings (SSSR count). The van der Waals surface area contributed by atoms with Gasteiger partial charge in [0.25, 0.3) is 5.91 Å². The Morgan fingerprint density at radius 1 is 1.29 bits per heavy atom. The molecule has 6 nitrogen and oxygen atoms in total. The van der Waals surface area contributed by atoms with Crippen LogP contribution in [0.3, 0.4) is 0 Å². The highest BCUT2D eigenvalue weighted by molar-refractivity contribution is 6.04. The SMILES string of the molecule is Cc1ccc2[nH]nc(C(=O)NCCNC(=O)C3CC3)c2c1. The van der Waals surface area contributed by atoms with Crippen LogP contribution in [0.5, 0.6) is 0 Å². The number of carbonyl (C=O) groups is 2. The van der Waals surface area contributed by atoms with Gasteiger partial charge in [-0.15, -0.1) is 0 Å². The zero-order valence-corrected chi connectivity index (χ0v) is 11.9. The Hall–Kier alpha value is -2.37. The fourth-order valence-corrected chi connectivity index (χ4v) is 2.24. The second-order valence-electron chi connectivity index (χ2n) is 5.44. The van der Waals surface area contributed by atoms with Crippen molar-refractivity contribution in [2.45, 2.75) is 19.8 Å². The van der Waals surface area contributed by atoms with Gasteiger partial charge in [-0.25, -0.2) is 0 Å². The molecule has 2 amide bonds. The van der Waals surface area contributed by atoms with Crippen LogP contribution < -0.4 is 10.6 Å². The van der Waals surface area contributed by atoms with Crippen LogP contribution in [-0.4, -0.2) is 35.1 Å². The summed E-state index contributed by atoms with van der Waals surface area (Å²) in [7, 11) is 0. The van der Waals surface area contributed by atoms with Gasteiger partial charge in [-0.3, -0.25) is 14.7 Å². The maximum absolute atomic E-state index is 12.1. The number of nitrogens with one attached hydrogen (secondary N) is 3. The molecule has 1 aliphatic rings. The Bertz CT molecular complexity index is 688. The first-order chi connectivity index (χ1) is 10.1. The molecule has 0 atom stereocenters. The lowest BCUT2D eigenvalue weighted by molar-refractivity contribution is -0.122. The van der Waals surface area contributed by atoms with Crippen LogP contribution in [0.15, 0.2) is 18.2 Å². The average molecular weight is 286 g/mol. The minimum atomic E-state index is -0.229. The van der Waals surface area contributed by atoms with E-state index in [-0.39, 0.29) is 17.7 Å². The van der Waals surface area contributed by atoms with Crippen molar-refractivity contribution in [1.29, 1.82) is 0 Å². The van der Waals surface area contributed by atoms with Gasteiger partial charge in [0.05, 0.1) is 5.52 Å². The van der Waals surface area contributed by atoms with E-state index in [1.54, 1.807) is 0 Å². The number of fused-ring (bicyclic) bond motifs is 1. The van der Waals surface area contributed by atoms with Crippen LogP contribution in [-0.2, 0) is 4.79 Å². The molecular weight excluding hydrogens is 268 g/mol. The smallest absolute Gasteiger partial charge is 0.272 e. The van der Waals surface area contributed by atoms with Crippen molar-refractivity contribution >= 4 is 22.7 Å². The monoisotopic (exact) mass is 286 g/mol. The molecule has 110 valence electrons. The quantitative estimate of drug-likeness (QED) is 0.720. The summed E-state index contributed by atoms with van der Waals surface area (Å²) in [5.41, 5.74) is 2.31. The van der Waals surface area contributed by atoms with Gasteiger partial charge in [-0.05, 0) is 31.9 Å². The van der Waals surface area contributed by atoms with Crippen molar-refractivity contribution in [3.63, 3.8) is 0 Å². The molecule has 0 spiro atoms. The molecule has 0 saturated heterocycles. The number of amides is 2. The highest BCUT2D eigenvalue weighted by Crippen LogP contribution is 2.28. The van der Waals surface area contributed by atoms with E-state index in [1.165, 1.54) is 0 Å². The van der Waals surface area contributed by atoms with Crippen LogP contribution in [0.1, 0.15) is 28.9 Å². The molecule has 1 fully saturated rings. The van der Waals surface area contributed by atoms with Gasteiger partial charge in [-0.1, -0.05) is 11.6 Å². The molecule has 0 aliphatic heterocycles. The third-order valence-electron chi connectivity index (χ3n) is 3.59. The van der Waals surface area contributed by atoms with Crippen LogP contribution in [0.2, 0.25) is 0 Å². The fourth-order valence-electron chi connectivity index (χ4n) is 2.24. The minimum Gasteiger partial charge on any atom is -0.354 e. The largest absolute Gasteiger partial charge is 0.354 e. The lowest BCUT2D eigenvalue weighted by Crippen LogP contribution is -2.35. The molecule has 1 saturated carbocycles. The van der Waals surface area contributed by atoms with E-state index in [9.17, 15) is 9.59 Å². The summed E-state index contributed by atoms with van der Waals surface area (Å²) in [5.74, 6) is 0.0524. The second-order valence-corrected chi connectivity index (χ2v) is 5.44. The Morgan fingerprint density at radius 2 is 2.05 bits per heavy atom. The van der Waals surface area contributed by atoms with Crippen molar-refractivity contribution in [3.8, 4) is 0 Å². The number of nitrogens with zero attached hydrogens (tertiary/aromatic N) is 1. The molecular formula is C15H18N4O2. The molecule has 0 bridgehead atoms. The molecule has 0 radical (unpaired) electrons. The van der Waals surface area contributed by atoms with Crippen LogP contribution in [0, 0.1) is 12.8 Å². The van der Waals surface area contributed by atoms with E-state index in [2.05, 4.69) is 20.8 Å². The van der Waals surface area contributed by atoms with E-state index in [0.717, 1.165) is 29.3 Å². The van der Waals surface area contributed by atoms with Crippen LogP contribution in [0.4, 0.5) is 0 Å². The van der Waals surface area contributed by atoms with Gasteiger partial charge in [0, 0.05) is 24.4 Å². The number of hydrogen-bond acceptors (Lipinski definition) is 3. The summed E-state index contributed by atoms with van der Waals surface area (Å²) in [6.45, 7) is 2.82. The number of rotatable bonds is 5. The van der Waals surface area contributed by atoms with Crippen molar-refractivity contribution in [3.05, 3.63) is 29.5 Å². The maximum atomic E-state index is 12.1. The minimum absolute atomic E-state index is 0.0880. The van der Waals surface area contributed by atoms with E-state index >= 15 is 0 Å². The van der Waals surface area contributed by atoms with Gasteiger partial charge < -0.3 is 10.6 Å². The predicted molar refractivity (Wildman–Crippen MR) is 78.9 cm³/mol. The van der Waals surface area contributed by atoms with Crippen molar-refractivity contribution < 1.29 is 9.59 Å². The maximum Gasteiger partial charge on any atom is 0.272 e. The standard InChI is InChI=1S/C15H18N4O2/c1-9-2-5-12-11(8-9)13(19-18-12)15(21)17-7-6-16-14(20)10-3-4-10/h2,5,8,10H,3-4,6-7H2,1H3,(H,16,20)(H,17,21)(H,18,19). The molecule has 3 N–H and O–H groups in total. The normalized spacial score (nSPS) is 14.1. The fraction of sp³-hybridized carbons (Fsp3) is 0.400. The summed E-state index contributed by atoms with van der Waals surface area (Å²) >= 11 is 0. The second kappa shape index (κ2) is 5.55. The average Bonchev–Trinajstić information content (AvgIpc) is 3.23. The lowest BCUT2D eigenvalue weighted by atomic mass is 10.1. The highest BCUT2D eigenvalue weighted by Gasteiger charge is 2.29. The molecule has 1 aromatic carbocycles. The summed E-state index contributed by atoms with van der Waals surface area (Å²) in [6, 6.07) is 5.81. The van der Waals surface area contributed by atoms with Gasteiger partial charge in [0.1, 0.15) is 0 Å². The highest BCUT2D eigenvalue weighted by atomic mass is 16.2. The van der Waals surface area contributed by atoms with Crippen molar-refractivity contribution in [2.75, 3.05) is 13.1 Å². The Labute approximate surface area is 122 Å².